The highest BCUT2D eigenvalue weighted by Gasteiger charge is 2.37. The number of carboxylic acid groups (broad SMARTS) is 1. The van der Waals surface area contributed by atoms with Crippen LogP contribution in [0.2, 0.25) is 0 Å². The second-order valence-electron chi connectivity index (χ2n) is 5.25. The van der Waals surface area contributed by atoms with Crippen LogP contribution in [0.3, 0.4) is 0 Å². The van der Waals surface area contributed by atoms with Crippen molar-refractivity contribution in [3.05, 3.63) is 29.6 Å². The summed E-state index contributed by atoms with van der Waals surface area (Å²) in [5.41, 5.74) is 0.144. The molecule has 0 saturated carbocycles. The van der Waals surface area contributed by atoms with Crippen molar-refractivity contribution < 1.29 is 14.3 Å². The van der Waals surface area contributed by atoms with Gasteiger partial charge in [0, 0.05) is 18.6 Å². The normalized spacial score (nSPS) is 26.4. The van der Waals surface area contributed by atoms with Crippen LogP contribution >= 0.6 is 0 Å². The predicted molar refractivity (Wildman–Crippen MR) is 70.0 cm³/mol. The van der Waals surface area contributed by atoms with E-state index in [9.17, 15) is 9.18 Å². The third-order valence-corrected chi connectivity index (χ3v) is 4.17. The number of hydrogen-bond acceptors (Lipinski definition) is 3. The van der Waals surface area contributed by atoms with Crippen molar-refractivity contribution in [3.63, 3.8) is 0 Å². The maximum Gasteiger partial charge on any atom is 0.340 e. The van der Waals surface area contributed by atoms with Gasteiger partial charge in [0.2, 0.25) is 0 Å². The van der Waals surface area contributed by atoms with Crippen LogP contribution in [0.25, 0.3) is 0 Å². The SMILES string of the molecule is O=C(O)c1c(F)cccc1NC1CCN2CCCC12. The average molecular weight is 264 g/mol. The lowest BCUT2D eigenvalue weighted by atomic mass is 10.0. The van der Waals surface area contributed by atoms with Crippen LogP contribution in [-0.4, -0.2) is 41.1 Å². The fraction of sp³-hybridized carbons (Fsp3) is 0.500. The molecule has 2 fully saturated rings. The lowest BCUT2D eigenvalue weighted by Gasteiger charge is -2.23. The molecule has 5 heteroatoms. The van der Waals surface area contributed by atoms with E-state index in [1.54, 1.807) is 12.1 Å². The maximum absolute atomic E-state index is 13.6. The number of nitrogens with zero attached hydrogens (tertiary/aromatic N) is 1. The molecule has 102 valence electrons. The van der Waals surface area contributed by atoms with Gasteiger partial charge in [-0.15, -0.1) is 0 Å². The van der Waals surface area contributed by atoms with Gasteiger partial charge in [-0.3, -0.25) is 4.90 Å². The first kappa shape index (κ1) is 12.4. The Hall–Kier alpha value is -1.62. The number of hydrogen-bond donors (Lipinski definition) is 2. The van der Waals surface area contributed by atoms with Crippen LogP contribution < -0.4 is 5.32 Å². The van der Waals surface area contributed by atoms with Gasteiger partial charge in [-0.2, -0.15) is 0 Å². The smallest absolute Gasteiger partial charge is 0.340 e. The summed E-state index contributed by atoms with van der Waals surface area (Å²) in [6.45, 7) is 2.16. The van der Waals surface area contributed by atoms with Crippen LogP contribution in [0.5, 0.6) is 0 Å². The molecule has 2 unspecified atom stereocenters. The molecule has 2 heterocycles. The Morgan fingerprint density at radius 2 is 2.21 bits per heavy atom. The zero-order valence-corrected chi connectivity index (χ0v) is 10.6. The first-order valence-corrected chi connectivity index (χ1v) is 6.69. The van der Waals surface area contributed by atoms with E-state index in [-0.39, 0.29) is 11.6 Å². The van der Waals surface area contributed by atoms with Gasteiger partial charge in [-0.05, 0) is 37.9 Å². The molecule has 2 aliphatic heterocycles. The summed E-state index contributed by atoms with van der Waals surface area (Å²) in [4.78, 5) is 13.6. The number of rotatable bonds is 3. The fourth-order valence-electron chi connectivity index (χ4n) is 3.31. The predicted octanol–water partition coefficient (Wildman–Crippen LogP) is 2.17. The summed E-state index contributed by atoms with van der Waals surface area (Å²) in [6, 6.07) is 5.06. The molecule has 1 aromatic rings. The molecule has 4 nitrogen and oxygen atoms in total. The van der Waals surface area contributed by atoms with Gasteiger partial charge in [0.15, 0.2) is 0 Å². The Balaban J connectivity index is 1.84. The molecule has 2 atom stereocenters. The van der Waals surface area contributed by atoms with Crippen molar-refractivity contribution in [2.45, 2.75) is 31.3 Å². The molecule has 2 N–H and O–H groups in total. The first-order valence-electron chi connectivity index (χ1n) is 6.69. The number of carbonyl (C=O) groups is 1. The summed E-state index contributed by atoms with van der Waals surface area (Å²) in [6.07, 6.45) is 3.31. The molecule has 1 aromatic carbocycles. The van der Waals surface area contributed by atoms with Crippen molar-refractivity contribution in [2.24, 2.45) is 0 Å². The monoisotopic (exact) mass is 264 g/mol. The highest BCUT2D eigenvalue weighted by molar-refractivity contribution is 5.94. The van der Waals surface area contributed by atoms with E-state index in [4.69, 9.17) is 5.11 Å². The van der Waals surface area contributed by atoms with E-state index < -0.39 is 11.8 Å². The molecule has 3 rings (SSSR count). The van der Waals surface area contributed by atoms with Gasteiger partial charge in [-0.25, -0.2) is 9.18 Å². The summed E-state index contributed by atoms with van der Waals surface area (Å²) < 4.78 is 13.6. The van der Waals surface area contributed by atoms with Gasteiger partial charge >= 0.3 is 5.97 Å². The van der Waals surface area contributed by atoms with Gasteiger partial charge in [0.1, 0.15) is 11.4 Å². The number of fused-ring (bicyclic) bond motifs is 1. The summed E-state index contributed by atoms with van der Waals surface area (Å²) in [5.74, 6) is -1.90. The number of anilines is 1. The molecule has 0 amide bonds. The van der Waals surface area contributed by atoms with E-state index in [1.807, 2.05) is 0 Å². The van der Waals surface area contributed by atoms with E-state index in [0.717, 1.165) is 25.9 Å². The molecule has 2 aliphatic rings. The zero-order valence-electron chi connectivity index (χ0n) is 10.6. The summed E-state index contributed by atoms with van der Waals surface area (Å²) in [5, 5.41) is 12.4. The number of aromatic carboxylic acids is 1. The van der Waals surface area contributed by atoms with Crippen molar-refractivity contribution in [1.29, 1.82) is 0 Å². The molecule has 2 saturated heterocycles. The second kappa shape index (κ2) is 4.81. The van der Waals surface area contributed by atoms with Crippen LogP contribution in [0.15, 0.2) is 18.2 Å². The summed E-state index contributed by atoms with van der Waals surface area (Å²) in [7, 11) is 0. The molecule has 19 heavy (non-hydrogen) atoms. The topological polar surface area (TPSA) is 52.6 Å². The lowest BCUT2D eigenvalue weighted by Crippen LogP contribution is -2.34. The highest BCUT2D eigenvalue weighted by atomic mass is 19.1. The van der Waals surface area contributed by atoms with Crippen LogP contribution in [0.1, 0.15) is 29.6 Å². The molecule has 0 radical (unpaired) electrons. The van der Waals surface area contributed by atoms with E-state index in [2.05, 4.69) is 10.2 Å². The number of benzene rings is 1. The van der Waals surface area contributed by atoms with Crippen molar-refractivity contribution in [2.75, 3.05) is 18.4 Å². The Kier molecular flexibility index (Phi) is 3.14. The second-order valence-corrected chi connectivity index (χ2v) is 5.25. The van der Waals surface area contributed by atoms with Gasteiger partial charge in [-0.1, -0.05) is 6.07 Å². The fourth-order valence-corrected chi connectivity index (χ4v) is 3.31. The molecule has 0 aliphatic carbocycles. The third-order valence-electron chi connectivity index (χ3n) is 4.17. The summed E-state index contributed by atoms with van der Waals surface area (Å²) >= 11 is 0. The molecular formula is C14H17FN2O2. The van der Waals surface area contributed by atoms with Crippen LogP contribution in [-0.2, 0) is 0 Å². The number of halogens is 1. The minimum Gasteiger partial charge on any atom is -0.478 e. The molecular weight excluding hydrogens is 247 g/mol. The van der Waals surface area contributed by atoms with Crippen LogP contribution in [0.4, 0.5) is 10.1 Å². The Bertz CT molecular complexity index is 506. The van der Waals surface area contributed by atoms with Gasteiger partial charge in [0.25, 0.3) is 0 Å². The Morgan fingerprint density at radius 3 is 3.00 bits per heavy atom. The van der Waals surface area contributed by atoms with E-state index in [0.29, 0.717) is 11.7 Å². The number of nitrogens with one attached hydrogen (secondary N) is 1. The van der Waals surface area contributed by atoms with Crippen LogP contribution in [0, 0.1) is 5.82 Å². The standard InChI is InChI=1S/C14H17FN2O2/c15-9-3-1-4-11(13(9)14(18)19)16-10-6-8-17-7-2-5-12(10)17/h1,3-4,10,12,16H,2,5-8H2,(H,18,19). The van der Waals surface area contributed by atoms with Crippen molar-refractivity contribution >= 4 is 11.7 Å². The third kappa shape index (κ3) is 2.18. The van der Waals surface area contributed by atoms with Gasteiger partial charge < -0.3 is 10.4 Å². The van der Waals surface area contributed by atoms with Gasteiger partial charge in [0.05, 0.1) is 5.69 Å². The molecule has 0 spiro atoms. The maximum atomic E-state index is 13.6. The Labute approximate surface area is 111 Å². The quantitative estimate of drug-likeness (QED) is 0.878. The number of carboxylic acids is 1. The minimum absolute atomic E-state index is 0.224. The van der Waals surface area contributed by atoms with Crippen molar-refractivity contribution in [1.82, 2.24) is 4.90 Å². The lowest BCUT2D eigenvalue weighted by molar-refractivity contribution is 0.0693. The highest BCUT2D eigenvalue weighted by Crippen LogP contribution is 2.31. The van der Waals surface area contributed by atoms with E-state index >= 15 is 0 Å². The molecule has 0 bridgehead atoms. The minimum atomic E-state index is -1.22. The largest absolute Gasteiger partial charge is 0.478 e. The Morgan fingerprint density at radius 1 is 1.37 bits per heavy atom. The molecule has 0 aromatic heterocycles. The average Bonchev–Trinajstić information content (AvgIpc) is 2.93. The van der Waals surface area contributed by atoms with Crippen molar-refractivity contribution in [3.8, 4) is 0 Å². The first-order chi connectivity index (χ1) is 9.16. The van der Waals surface area contributed by atoms with E-state index in [1.165, 1.54) is 12.5 Å². The zero-order chi connectivity index (χ0) is 13.4.